The van der Waals surface area contributed by atoms with Crippen molar-refractivity contribution in [1.82, 2.24) is 9.97 Å². The van der Waals surface area contributed by atoms with Crippen LogP contribution in [0.25, 0.3) is 0 Å². The van der Waals surface area contributed by atoms with Crippen molar-refractivity contribution < 1.29 is 5.11 Å². The maximum absolute atomic E-state index is 9.63. The summed E-state index contributed by atoms with van der Waals surface area (Å²) >= 11 is 0. The number of hydrogen-bond acceptors (Lipinski definition) is 3. The fraction of sp³-hybridized carbons (Fsp3) is 0.667. The Balaban J connectivity index is 2.87. The Morgan fingerprint density at radius 2 is 2.07 bits per heavy atom. The maximum atomic E-state index is 9.63. The van der Waals surface area contributed by atoms with Crippen molar-refractivity contribution in [1.29, 1.82) is 0 Å². The molecular weight excluding hydrogens is 188 g/mol. The molecule has 1 aromatic heterocycles. The van der Waals surface area contributed by atoms with Crippen LogP contribution in [-0.2, 0) is 6.42 Å². The topological polar surface area (TPSA) is 46.0 Å². The van der Waals surface area contributed by atoms with E-state index in [2.05, 4.69) is 23.8 Å². The van der Waals surface area contributed by atoms with Gasteiger partial charge < -0.3 is 5.11 Å². The van der Waals surface area contributed by atoms with Crippen LogP contribution in [0, 0.1) is 0 Å². The smallest absolute Gasteiger partial charge is 0.115 e. The Kier molecular flexibility index (Phi) is 4.69. The van der Waals surface area contributed by atoms with Crippen LogP contribution in [0.5, 0.6) is 0 Å². The zero-order chi connectivity index (χ0) is 11.3. The lowest BCUT2D eigenvalue weighted by Gasteiger charge is -2.17. The van der Waals surface area contributed by atoms with Crippen molar-refractivity contribution in [2.75, 3.05) is 0 Å². The quantitative estimate of drug-likeness (QED) is 0.807. The average Bonchev–Trinajstić information content (AvgIpc) is 2.19. The second-order valence-electron chi connectivity index (χ2n) is 3.94. The van der Waals surface area contributed by atoms with Crippen molar-refractivity contribution in [2.45, 2.75) is 52.1 Å². The summed E-state index contributed by atoms with van der Waals surface area (Å²) in [5.74, 6) is 0.128. The highest BCUT2D eigenvalue weighted by Crippen LogP contribution is 2.21. The Bertz CT molecular complexity index is 299. The van der Waals surface area contributed by atoms with E-state index in [1.54, 1.807) is 6.33 Å². The molecular formula is C12H20N2O. The molecule has 1 aromatic rings. The van der Waals surface area contributed by atoms with Crippen molar-refractivity contribution in [3.05, 3.63) is 23.8 Å². The lowest BCUT2D eigenvalue weighted by Crippen LogP contribution is -2.15. The van der Waals surface area contributed by atoms with Crippen LogP contribution >= 0.6 is 0 Å². The minimum atomic E-state index is -0.348. The molecule has 0 aliphatic heterocycles. The van der Waals surface area contributed by atoms with Gasteiger partial charge in [0.15, 0.2) is 0 Å². The Hall–Kier alpha value is -0.960. The van der Waals surface area contributed by atoms with E-state index in [0.717, 1.165) is 30.7 Å². The first-order chi connectivity index (χ1) is 7.19. The average molecular weight is 208 g/mol. The highest BCUT2D eigenvalue weighted by atomic mass is 16.3. The summed E-state index contributed by atoms with van der Waals surface area (Å²) in [4.78, 5) is 8.46. The molecule has 84 valence electrons. The second-order valence-corrected chi connectivity index (χ2v) is 3.94. The molecule has 0 aromatic carbocycles. The van der Waals surface area contributed by atoms with Crippen molar-refractivity contribution in [2.24, 2.45) is 0 Å². The summed E-state index contributed by atoms with van der Waals surface area (Å²) in [5, 5.41) is 9.63. The summed E-state index contributed by atoms with van der Waals surface area (Å²) in [6, 6.07) is 2.02. The molecule has 0 fully saturated rings. The van der Waals surface area contributed by atoms with E-state index >= 15 is 0 Å². The van der Waals surface area contributed by atoms with Crippen molar-refractivity contribution >= 4 is 0 Å². The van der Waals surface area contributed by atoms with Crippen molar-refractivity contribution in [3.8, 4) is 0 Å². The number of rotatable bonds is 5. The highest BCUT2D eigenvalue weighted by molar-refractivity contribution is 5.14. The van der Waals surface area contributed by atoms with Gasteiger partial charge in [-0.2, -0.15) is 0 Å². The van der Waals surface area contributed by atoms with Gasteiger partial charge >= 0.3 is 0 Å². The number of hydrogen-bond donors (Lipinski definition) is 1. The van der Waals surface area contributed by atoms with Crippen LogP contribution in [0.3, 0.4) is 0 Å². The molecule has 1 rings (SSSR count). The molecule has 0 radical (unpaired) electrons. The van der Waals surface area contributed by atoms with Gasteiger partial charge in [0.2, 0.25) is 0 Å². The van der Waals surface area contributed by atoms with E-state index in [-0.39, 0.29) is 12.0 Å². The minimum Gasteiger partial charge on any atom is -0.393 e. The summed E-state index contributed by atoms with van der Waals surface area (Å²) in [5.41, 5.74) is 2.03. The number of aliphatic hydroxyl groups excluding tert-OH is 1. The predicted octanol–water partition coefficient (Wildman–Crippen LogP) is 2.30. The van der Waals surface area contributed by atoms with Gasteiger partial charge in [0.25, 0.3) is 0 Å². The molecule has 1 N–H and O–H groups in total. The van der Waals surface area contributed by atoms with Crippen LogP contribution in [0.4, 0.5) is 0 Å². The Morgan fingerprint density at radius 1 is 1.33 bits per heavy atom. The van der Waals surface area contributed by atoms with Crippen LogP contribution in [0.2, 0.25) is 0 Å². The fourth-order valence-corrected chi connectivity index (χ4v) is 1.81. The molecule has 0 spiro atoms. The Labute approximate surface area is 91.6 Å². The van der Waals surface area contributed by atoms with Gasteiger partial charge in [0, 0.05) is 17.3 Å². The third-order valence-electron chi connectivity index (χ3n) is 2.65. The lowest BCUT2D eigenvalue weighted by molar-refractivity contribution is 0.158. The van der Waals surface area contributed by atoms with Gasteiger partial charge in [-0.1, -0.05) is 20.3 Å². The third-order valence-corrected chi connectivity index (χ3v) is 2.65. The number of nitrogens with zero attached hydrogens (tertiary/aromatic N) is 2. The van der Waals surface area contributed by atoms with E-state index in [4.69, 9.17) is 0 Å². The minimum absolute atomic E-state index is 0.128. The van der Waals surface area contributed by atoms with Gasteiger partial charge in [-0.3, -0.25) is 0 Å². The molecule has 0 bridgehead atoms. The number of aryl methyl sites for hydroxylation is 1. The first-order valence-electron chi connectivity index (χ1n) is 5.67. The first-order valence-corrected chi connectivity index (χ1v) is 5.67. The summed E-state index contributed by atoms with van der Waals surface area (Å²) < 4.78 is 0. The zero-order valence-electron chi connectivity index (χ0n) is 9.77. The van der Waals surface area contributed by atoms with Gasteiger partial charge in [-0.05, 0) is 25.8 Å². The predicted molar refractivity (Wildman–Crippen MR) is 60.7 cm³/mol. The molecule has 2 atom stereocenters. The van der Waals surface area contributed by atoms with Crippen LogP contribution in [0.1, 0.15) is 50.9 Å². The van der Waals surface area contributed by atoms with Crippen molar-refractivity contribution in [3.63, 3.8) is 0 Å². The number of aliphatic hydroxyl groups is 1. The van der Waals surface area contributed by atoms with E-state index in [1.807, 2.05) is 13.0 Å². The number of aromatic nitrogens is 2. The monoisotopic (exact) mass is 208 g/mol. The first kappa shape index (κ1) is 12.1. The SMILES string of the molecule is CCCc1cc(C(CC)C(C)O)ncn1. The summed E-state index contributed by atoms with van der Waals surface area (Å²) in [6.07, 6.45) is 4.22. The van der Waals surface area contributed by atoms with Crippen LogP contribution in [-0.4, -0.2) is 21.2 Å². The summed E-state index contributed by atoms with van der Waals surface area (Å²) in [7, 11) is 0. The molecule has 0 saturated carbocycles. The Morgan fingerprint density at radius 3 is 2.60 bits per heavy atom. The molecule has 0 aliphatic carbocycles. The zero-order valence-corrected chi connectivity index (χ0v) is 9.77. The molecule has 2 unspecified atom stereocenters. The van der Waals surface area contributed by atoms with E-state index < -0.39 is 0 Å². The van der Waals surface area contributed by atoms with Gasteiger partial charge in [-0.15, -0.1) is 0 Å². The largest absolute Gasteiger partial charge is 0.393 e. The molecule has 3 nitrogen and oxygen atoms in total. The second kappa shape index (κ2) is 5.81. The van der Waals surface area contributed by atoms with E-state index in [0.29, 0.717) is 0 Å². The van der Waals surface area contributed by atoms with Gasteiger partial charge in [0.05, 0.1) is 6.10 Å². The molecule has 1 heterocycles. The molecule has 3 heteroatoms. The molecule has 0 amide bonds. The molecule has 0 aliphatic rings. The third kappa shape index (κ3) is 3.27. The molecule has 15 heavy (non-hydrogen) atoms. The van der Waals surface area contributed by atoms with Crippen LogP contribution < -0.4 is 0 Å². The van der Waals surface area contributed by atoms with E-state index in [9.17, 15) is 5.11 Å². The van der Waals surface area contributed by atoms with Gasteiger partial charge in [0.1, 0.15) is 6.33 Å². The van der Waals surface area contributed by atoms with E-state index in [1.165, 1.54) is 0 Å². The highest BCUT2D eigenvalue weighted by Gasteiger charge is 2.16. The van der Waals surface area contributed by atoms with Gasteiger partial charge in [-0.25, -0.2) is 9.97 Å². The van der Waals surface area contributed by atoms with Crippen LogP contribution in [0.15, 0.2) is 12.4 Å². The lowest BCUT2D eigenvalue weighted by atomic mass is 9.96. The maximum Gasteiger partial charge on any atom is 0.115 e. The standard InChI is InChI=1S/C12H20N2O/c1-4-6-10-7-12(14-8-13-10)11(5-2)9(3)15/h7-9,11,15H,4-6H2,1-3H3. The summed E-state index contributed by atoms with van der Waals surface area (Å²) in [6.45, 7) is 6.02. The molecule has 0 saturated heterocycles. The fourth-order valence-electron chi connectivity index (χ4n) is 1.81. The normalized spacial score (nSPS) is 14.9.